The summed E-state index contributed by atoms with van der Waals surface area (Å²) in [5.74, 6) is -0.506. The van der Waals surface area contributed by atoms with Gasteiger partial charge in [0.2, 0.25) is 0 Å². The van der Waals surface area contributed by atoms with Crippen LogP contribution < -0.4 is 0 Å². The first kappa shape index (κ1) is 14.6. The molecule has 0 aliphatic rings. The predicted octanol–water partition coefficient (Wildman–Crippen LogP) is 5.06. The molecular formula is C14H10Cl3FO. The number of hydrogen-bond acceptors (Lipinski definition) is 1. The van der Waals surface area contributed by atoms with E-state index in [2.05, 4.69) is 0 Å². The third kappa shape index (κ3) is 3.40. The van der Waals surface area contributed by atoms with Crippen LogP contribution >= 0.6 is 34.8 Å². The van der Waals surface area contributed by atoms with Gasteiger partial charge in [-0.25, -0.2) is 4.39 Å². The van der Waals surface area contributed by atoms with Crippen LogP contribution in [0, 0.1) is 5.82 Å². The van der Waals surface area contributed by atoms with Crippen LogP contribution in [-0.2, 0) is 6.42 Å². The van der Waals surface area contributed by atoms with Gasteiger partial charge < -0.3 is 5.11 Å². The zero-order valence-electron chi connectivity index (χ0n) is 9.71. The van der Waals surface area contributed by atoms with Gasteiger partial charge in [-0.2, -0.15) is 0 Å². The van der Waals surface area contributed by atoms with Crippen LogP contribution in [0.4, 0.5) is 4.39 Å². The number of aliphatic hydroxyl groups excluding tert-OH is 1. The molecule has 0 radical (unpaired) electrons. The van der Waals surface area contributed by atoms with Crippen LogP contribution in [0.5, 0.6) is 0 Å². The molecule has 100 valence electrons. The summed E-state index contributed by atoms with van der Waals surface area (Å²) in [4.78, 5) is 0. The van der Waals surface area contributed by atoms with Gasteiger partial charge in [0.15, 0.2) is 0 Å². The van der Waals surface area contributed by atoms with Crippen molar-refractivity contribution in [3.8, 4) is 0 Å². The molecule has 0 heterocycles. The van der Waals surface area contributed by atoms with E-state index in [0.717, 1.165) is 0 Å². The highest BCUT2D eigenvalue weighted by atomic mass is 35.5. The summed E-state index contributed by atoms with van der Waals surface area (Å²) in [6, 6.07) is 9.31. The zero-order valence-corrected chi connectivity index (χ0v) is 12.0. The van der Waals surface area contributed by atoms with Gasteiger partial charge >= 0.3 is 0 Å². The lowest BCUT2D eigenvalue weighted by Crippen LogP contribution is -2.03. The van der Waals surface area contributed by atoms with Crippen molar-refractivity contribution in [1.82, 2.24) is 0 Å². The summed E-state index contributed by atoms with van der Waals surface area (Å²) in [5, 5.41) is 11.0. The van der Waals surface area contributed by atoms with Gasteiger partial charge in [0.1, 0.15) is 5.82 Å². The molecule has 0 fully saturated rings. The van der Waals surface area contributed by atoms with Crippen molar-refractivity contribution in [3.63, 3.8) is 0 Å². The summed E-state index contributed by atoms with van der Waals surface area (Å²) < 4.78 is 13.3. The molecule has 0 saturated carbocycles. The Hall–Kier alpha value is -0.800. The number of hydrogen-bond donors (Lipinski definition) is 1. The molecule has 2 aromatic carbocycles. The Morgan fingerprint density at radius 1 is 1.11 bits per heavy atom. The Morgan fingerprint density at radius 3 is 2.53 bits per heavy atom. The minimum absolute atomic E-state index is 0.0200. The summed E-state index contributed by atoms with van der Waals surface area (Å²) in [5.41, 5.74) is 1.06. The fourth-order valence-corrected chi connectivity index (χ4v) is 2.53. The SMILES string of the molecule is OC(Cc1cccc(F)c1Cl)c1ccc(Cl)cc1Cl. The van der Waals surface area contributed by atoms with Gasteiger partial charge in [-0.1, -0.05) is 53.0 Å². The average molecular weight is 320 g/mol. The van der Waals surface area contributed by atoms with E-state index in [9.17, 15) is 9.50 Å². The molecule has 2 aromatic rings. The Labute approximate surface area is 125 Å². The average Bonchev–Trinajstić information content (AvgIpc) is 2.34. The molecule has 5 heteroatoms. The second-order valence-corrected chi connectivity index (χ2v) is 5.32. The first-order chi connectivity index (χ1) is 8.99. The molecule has 2 rings (SSSR count). The van der Waals surface area contributed by atoms with Crippen LogP contribution in [0.3, 0.4) is 0 Å². The summed E-state index contributed by atoms with van der Waals surface area (Å²) in [6.45, 7) is 0. The molecule has 1 nitrogen and oxygen atoms in total. The van der Waals surface area contributed by atoms with Crippen molar-refractivity contribution in [2.75, 3.05) is 0 Å². The smallest absolute Gasteiger partial charge is 0.142 e. The lowest BCUT2D eigenvalue weighted by atomic mass is 10.0. The maximum Gasteiger partial charge on any atom is 0.142 e. The maximum atomic E-state index is 13.3. The molecule has 0 saturated heterocycles. The largest absolute Gasteiger partial charge is 0.388 e. The van der Waals surface area contributed by atoms with Crippen molar-refractivity contribution in [1.29, 1.82) is 0 Å². The second-order valence-electron chi connectivity index (χ2n) is 4.10. The van der Waals surface area contributed by atoms with Gasteiger partial charge in [-0.05, 0) is 29.3 Å². The summed E-state index contributed by atoms with van der Waals surface area (Å²) in [7, 11) is 0. The standard InChI is InChI=1S/C14H10Cl3FO/c15-9-4-5-10(11(16)7-9)13(19)6-8-2-1-3-12(18)14(8)17/h1-5,7,13,19H,6H2. The molecule has 19 heavy (non-hydrogen) atoms. The van der Waals surface area contributed by atoms with Crippen molar-refractivity contribution >= 4 is 34.8 Å². The van der Waals surface area contributed by atoms with Crippen molar-refractivity contribution in [2.24, 2.45) is 0 Å². The van der Waals surface area contributed by atoms with E-state index in [0.29, 0.717) is 21.2 Å². The Bertz CT molecular complexity index is 601. The number of benzene rings is 2. The molecule has 1 unspecified atom stereocenters. The second kappa shape index (κ2) is 6.10. The van der Waals surface area contributed by atoms with E-state index in [1.165, 1.54) is 6.07 Å². The monoisotopic (exact) mass is 318 g/mol. The van der Waals surface area contributed by atoms with Crippen molar-refractivity contribution in [3.05, 3.63) is 68.4 Å². The van der Waals surface area contributed by atoms with Crippen LogP contribution in [0.2, 0.25) is 15.1 Å². The summed E-state index contributed by atoms with van der Waals surface area (Å²) >= 11 is 17.7. The Kier molecular flexibility index (Phi) is 4.69. The number of halogens is 4. The topological polar surface area (TPSA) is 20.2 Å². The van der Waals surface area contributed by atoms with E-state index in [1.54, 1.807) is 30.3 Å². The molecule has 0 aliphatic heterocycles. The van der Waals surface area contributed by atoms with E-state index in [-0.39, 0.29) is 11.4 Å². The van der Waals surface area contributed by atoms with Gasteiger partial charge in [0.25, 0.3) is 0 Å². The number of rotatable bonds is 3. The highest BCUT2D eigenvalue weighted by molar-refractivity contribution is 6.35. The summed E-state index contributed by atoms with van der Waals surface area (Å²) in [6.07, 6.45) is -0.693. The fraction of sp³-hybridized carbons (Fsp3) is 0.143. The zero-order chi connectivity index (χ0) is 14.0. The Balaban J connectivity index is 2.25. The van der Waals surface area contributed by atoms with Crippen LogP contribution in [-0.4, -0.2) is 5.11 Å². The molecule has 1 atom stereocenters. The lowest BCUT2D eigenvalue weighted by Gasteiger charge is -2.14. The third-order valence-electron chi connectivity index (χ3n) is 2.77. The van der Waals surface area contributed by atoms with Crippen molar-refractivity contribution < 1.29 is 9.50 Å². The third-order valence-corrected chi connectivity index (χ3v) is 3.75. The lowest BCUT2D eigenvalue weighted by molar-refractivity contribution is 0.178. The van der Waals surface area contributed by atoms with Crippen LogP contribution in [0.15, 0.2) is 36.4 Å². The molecule has 0 spiro atoms. The molecule has 0 bridgehead atoms. The first-order valence-corrected chi connectivity index (χ1v) is 6.68. The highest BCUT2D eigenvalue weighted by Gasteiger charge is 2.15. The number of aliphatic hydroxyl groups is 1. The Morgan fingerprint density at radius 2 is 1.84 bits per heavy atom. The predicted molar refractivity (Wildman–Crippen MR) is 76.5 cm³/mol. The van der Waals surface area contributed by atoms with Gasteiger partial charge in [-0.15, -0.1) is 0 Å². The van der Waals surface area contributed by atoms with Gasteiger partial charge in [0, 0.05) is 16.5 Å². The molecule has 0 amide bonds. The minimum Gasteiger partial charge on any atom is -0.388 e. The van der Waals surface area contributed by atoms with E-state index in [1.807, 2.05) is 0 Å². The van der Waals surface area contributed by atoms with E-state index >= 15 is 0 Å². The van der Waals surface area contributed by atoms with Crippen LogP contribution in [0.25, 0.3) is 0 Å². The maximum absolute atomic E-state index is 13.3. The molecule has 0 aliphatic carbocycles. The fourth-order valence-electron chi connectivity index (χ4n) is 1.80. The normalized spacial score (nSPS) is 12.5. The van der Waals surface area contributed by atoms with Gasteiger partial charge in [-0.3, -0.25) is 0 Å². The van der Waals surface area contributed by atoms with E-state index in [4.69, 9.17) is 34.8 Å². The first-order valence-electron chi connectivity index (χ1n) is 5.55. The molecule has 1 N–H and O–H groups in total. The van der Waals surface area contributed by atoms with E-state index < -0.39 is 11.9 Å². The highest BCUT2D eigenvalue weighted by Crippen LogP contribution is 2.30. The quantitative estimate of drug-likeness (QED) is 0.838. The van der Waals surface area contributed by atoms with Crippen molar-refractivity contribution in [2.45, 2.75) is 12.5 Å². The molecular weight excluding hydrogens is 310 g/mol. The molecule has 0 aromatic heterocycles. The minimum atomic E-state index is -0.871. The van der Waals surface area contributed by atoms with Gasteiger partial charge in [0.05, 0.1) is 11.1 Å². The van der Waals surface area contributed by atoms with Crippen LogP contribution in [0.1, 0.15) is 17.2 Å².